The van der Waals surface area contributed by atoms with Gasteiger partial charge in [0.15, 0.2) is 12.0 Å². The molecule has 2 saturated heterocycles. The minimum absolute atomic E-state index is 0.0495. The fourth-order valence-corrected chi connectivity index (χ4v) is 7.64. The summed E-state index contributed by atoms with van der Waals surface area (Å²) < 4.78 is 13.2. The van der Waals surface area contributed by atoms with E-state index in [0.29, 0.717) is 41.7 Å². The third-order valence-corrected chi connectivity index (χ3v) is 10.8. The predicted molar refractivity (Wildman–Crippen MR) is 204 cm³/mol. The lowest BCUT2D eigenvalue weighted by molar-refractivity contribution is -0.136. The molecular formula is C39H42ClN7O10. The van der Waals surface area contributed by atoms with E-state index in [4.69, 9.17) is 26.8 Å². The minimum Gasteiger partial charge on any atom is -0.484 e. The molecule has 0 radical (unpaired) electrons. The van der Waals surface area contributed by atoms with E-state index in [1.165, 1.54) is 29.1 Å². The number of anilines is 2. The number of halogens is 1. The summed E-state index contributed by atoms with van der Waals surface area (Å²) in [6.45, 7) is 0.307. The van der Waals surface area contributed by atoms with E-state index in [2.05, 4.69) is 20.6 Å². The largest absolute Gasteiger partial charge is 0.484 e. The zero-order chi connectivity index (χ0) is 40.4. The Balaban J connectivity index is 0.829. The van der Waals surface area contributed by atoms with Gasteiger partial charge in [0.1, 0.15) is 60.6 Å². The number of unbranched alkanes of at least 4 members (excludes halogenated alkanes) is 4. The average molecular weight is 804 g/mol. The van der Waals surface area contributed by atoms with Crippen LogP contribution in [0.25, 0.3) is 11.0 Å². The summed E-state index contributed by atoms with van der Waals surface area (Å²) >= 11 is 6.34. The molecule has 17 nitrogen and oxygen atoms in total. The fourth-order valence-electron chi connectivity index (χ4n) is 7.47. The van der Waals surface area contributed by atoms with Crippen molar-refractivity contribution in [2.75, 3.05) is 24.2 Å². The highest BCUT2D eigenvalue weighted by Crippen LogP contribution is 2.39. The van der Waals surface area contributed by atoms with Crippen LogP contribution in [-0.4, -0.2) is 102 Å². The molecule has 1 unspecified atom stereocenters. The third-order valence-electron chi connectivity index (χ3n) is 10.5. The van der Waals surface area contributed by atoms with Gasteiger partial charge in [-0.25, -0.2) is 9.97 Å². The number of aliphatic hydroxyl groups is 3. The number of nitrogens with one attached hydrogen (secondary N) is 2. The first-order valence-electron chi connectivity index (χ1n) is 18.7. The number of aromatic nitrogens is 3. The van der Waals surface area contributed by atoms with Crippen molar-refractivity contribution < 1.29 is 48.8 Å². The van der Waals surface area contributed by atoms with Gasteiger partial charge in [-0.3, -0.25) is 34.2 Å². The molecule has 6 atom stereocenters. The number of hydrogen-bond donors (Lipinski definition) is 6. The van der Waals surface area contributed by atoms with Crippen molar-refractivity contribution in [3.05, 3.63) is 76.7 Å². The molecule has 0 aliphatic carbocycles. The maximum Gasteiger partial charge on any atom is 0.264 e. The molecule has 18 heteroatoms. The third kappa shape index (κ3) is 8.06. The number of carbonyl (C=O) groups excluding carboxylic acids is 5. The van der Waals surface area contributed by atoms with Crippen molar-refractivity contribution in [1.29, 1.82) is 0 Å². The van der Waals surface area contributed by atoms with Crippen LogP contribution in [-0.2, 0) is 19.1 Å². The summed E-state index contributed by atoms with van der Waals surface area (Å²) in [5, 5.41) is 39.1. The number of carbonyl (C=O) groups is 5. The Bertz CT molecular complexity index is 2210. The number of nitrogen functional groups attached to an aromatic ring is 1. The van der Waals surface area contributed by atoms with Gasteiger partial charge in [-0.2, -0.15) is 0 Å². The first kappa shape index (κ1) is 39.8. The molecule has 2 aromatic heterocycles. The molecule has 7 N–H and O–H groups in total. The Kier molecular flexibility index (Phi) is 11.8. The molecule has 0 bridgehead atoms. The van der Waals surface area contributed by atoms with E-state index in [1.54, 1.807) is 30.5 Å². The standard InChI is InChI=1S/C39H42ClN7O10/c40-24-11-10-20(30(50)33-31(51)32(52)39(57-33)46-16-14-23-34(41)43-19-44-35(23)46)17-27(24)56-18-21(48)7-4-2-1-3-5-15-42-25-9-6-8-22-29(25)38(55)47(37(22)54)26-12-13-28(49)45-36(26)53/h6,8-11,14,16-17,19,26,30-33,39,42,50-52H,1-5,7,12-13,15,18H2,(H2,41,43,44)(H,45,49,53)/t26?,30-,31+,32-,33-,39-/m1/s1. The van der Waals surface area contributed by atoms with Gasteiger partial charge in [-0.15, -0.1) is 0 Å². The Morgan fingerprint density at radius 3 is 2.63 bits per heavy atom. The minimum atomic E-state index is -1.46. The summed E-state index contributed by atoms with van der Waals surface area (Å²) in [5.41, 5.74) is 7.56. The molecule has 7 rings (SSSR count). The first-order valence-corrected chi connectivity index (χ1v) is 19.1. The number of piperidine rings is 1. The molecule has 5 heterocycles. The molecule has 57 heavy (non-hydrogen) atoms. The second kappa shape index (κ2) is 17.0. The van der Waals surface area contributed by atoms with Crippen molar-refractivity contribution >= 4 is 63.6 Å². The van der Waals surface area contributed by atoms with E-state index >= 15 is 0 Å². The van der Waals surface area contributed by atoms with E-state index in [-0.39, 0.29) is 52.9 Å². The van der Waals surface area contributed by atoms with Crippen LogP contribution in [0.1, 0.15) is 90.0 Å². The summed E-state index contributed by atoms with van der Waals surface area (Å²) in [5.74, 6) is -1.92. The average Bonchev–Trinajstić information content (AvgIpc) is 3.84. The van der Waals surface area contributed by atoms with Gasteiger partial charge in [0.05, 0.1) is 21.5 Å². The van der Waals surface area contributed by atoms with Crippen LogP contribution in [0.4, 0.5) is 11.5 Å². The van der Waals surface area contributed by atoms with Crippen molar-refractivity contribution in [2.24, 2.45) is 0 Å². The summed E-state index contributed by atoms with van der Waals surface area (Å²) in [6, 6.07) is 10.1. The van der Waals surface area contributed by atoms with Gasteiger partial charge in [0, 0.05) is 31.3 Å². The SMILES string of the molecule is Nc1ncnc2c1ccn2[C@@H]1O[C@H]([C@H](O)c2ccc(Cl)c(OCC(=O)CCCCCCCNc3cccc4c3C(=O)N(C3CCC(=O)NC3=O)C4=O)c2)[C@@H](O)[C@H]1O. The van der Waals surface area contributed by atoms with E-state index < -0.39 is 60.3 Å². The van der Waals surface area contributed by atoms with Crippen LogP contribution < -0.4 is 21.1 Å². The number of benzene rings is 2. The van der Waals surface area contributed by atoms with E-state index in [0.717, 1.165) is 30.6 Å². The zero-order valence-corrected chi connectivity index (χ0v) is 31.4. The maximum absolute atomic E-state index is 13.3. The van der Waals surface area contributed by atoms with Gasteiger partial charge in [0.25, 0.3) is 11.8 Å². The first-order chi connectivity index (χ1) is 27.4. The lowest BCUT2D eigenvalue weighted by Crippen LogP contribution is -2.54. The summed E-state index contributed by atoms with van der Waals surface area (Å²) in [4.78, 5) is 72.1. The number of ketones is 1. The highest BCUT2D eigenvalue weighted by atomic mass is 35.5. The number of ether oxygens (including phenoxy) is 2. The van der Waals surface area contributed by atoms with Crippen molar-refractivity contribution in [2.45, 2.75) is 88.1 Å². The number of Topliss-reactive ketones (excluding diaryl/α,β-unsaturated/α-hetero) is 1. The highest BCUT2D eigenvalue weighted by Gasteiger charge is 2.48. The predicted octanol–water partition coefficient (Wildman–Crippen LogP) is 2.82. The van der Waals surface area contributed by atoms with E-state index in [1.807, 2.05) is 0 Å². The zero-order valence-electron chi connectivity index (χ0n) is 30.7. The number of nitrogens with zero attached hydrogens (tertiary/aromatic N) is 4. The highest BCUT2D eigenvalue weighted by molar-refractivity contribution is 6.32. The van der Waals surface area contributed by atoms with Crippen LogP contribution in [0, 0.1) is 0 Å². The molecule has 0 saturated carbocycles. The molecule has 0 spiro atoms. The number of nitrogens with two attached hydrogens (primary N) is 1. The normalized spacial score (nSPS) is 22.5. The van der Waals surface area contributed by atoms with Crippen LogP contribution in [0.3, 0.4) is 0 Å². The number of hydrogen-bond acceptors (Lipinski definition) is 14. The topological polar surface area (TPSA) is 249 Å². The molecule has 3 aliphatic rings. The molecule has 4 aromatic rings. The Morgan fingerprint density at radius 2 is 1.82 bits per heavy atom. The number of amides is 4. The number of aliphatic hydroxyl groups excluding tert-OH is 3. The van der Waals surface area contributed by atoms with Crippen LogP contribution in [0.2, 0.25) is 5.02 Å². The fraction of sp³-hybridized carbons (Fsp3) is 0.410. The Morgan fingerprint density at radius 1 is 1.04 bits per heavy atom. The van der Waals surface area contributed by atoms with Crippen LogP contribution >= 0.6 is 11.6 Å². The summed E-state index contributed by atoms with van der Waals surface area (Å²) in [7, 11) is 0. The smallest absolute Gasteiger partial charge is 0.264 e. The molecule has 300 valence electrons. The Labute approximate surface area is 331 Å². The van der Waals surface area contributed by atoms with Gasteiger partial charge >= 0.3 is 0 Å². The van der Waals surface area contributed by atoms with Crippen molar-refractivity contribution in [1.82, 2.24) is 24.8 Å². The van der Waals surface area contributed by atoms with Gasteiger partial charge in [0.2, 0.25) is 11.8 Å². The molecule has 3 aliphatic heterocycles. The van der Waals surface area contributed by atoms with Gasteiger partial charge in [-0.05, 0) is 55.2 Å². The lowest BCUT2D eigenvalue weighted by Gasteiger charge is -2.27. The second-order valence-corrected chi connectivity index (χ2v) is 14.7. The van der Waals surface area contributed by atoms with Crippen molar-refractivity contribution in [3.63, 3.8) is 0 Å². The maximum atomic E-state index is 13.3. The lowest BCUT2D eigenvalue weighted by atomic mass is 9.99. The van der Waals surface area contributed by atoms with Crippen molar-refractivity contribution in [3.8, 4) is 5.75 Å². The summed E-state index contributed by atoms with van der Waals surface area (Å²) in [6.07, 6.45) is 0.722. The van der Waals surface area contributed by atoms with Crippen LogP contribution in [0.15, 0.2) is 55.0 Å². The van der Waals surface area contributed by atoms with Crippen LogP contribution in [0.5, 0.6) is 5.75 Å². The molecule has 2 aromatic carbocycles. The van der Waals surface area contributed by atoms with E-state index in [9.17, 15) is 39.3 Å². The van der Waals surface area contributed by atoms with Gasteiger partial charge < -0.3 is 40.4 Å². The number of rotatable bonds is 16. The molecule has 2 fully saturated rings. The van der Waals surface area contributed by atoms with Gasteiger partial charge in [-0.1, -0.05) is 43.0 Å². The quantitative estimate of drug-likeness (QED) is 0.0705. The second-order valence-electron chi connectivity index (χ2n) is 14.3. The monoisotopic (exact) mass is 803 g/mol. The molecular weight excluding hydrogens is 762 g/mol. The Hall–Kier alpha value is -5.46. The molecule has 4 amide bonds. The number of imide groups is 2. The number of fused-ring (bicyclic) bond motifs is 2.